The van der Waals surface area contributed by atoms with Gasteiger partial charge in [0.25, 0.3) is 0 Å². The van der Waals surface area contributed by atoms with Crippen LogP contribution in [0, 0.1) is 0 Å². The summed E-state index contributed by atoms with van der Waals surface area (Å²) < 4.78 is 0. The molecule has 3 rings (SSSR count). The molecule has 128 valence electrons. The summed E-state index contributed by atoms with van der Waals surface area (Å²) in [5.74, 6) is 0.771. The third-order valence-corrected chi connectivity index (χ3v) is 4.75. The van der Waals surface area contributed by atoms with Crippen LogP contribution in [0.2, 0.25) is 0 Å². The maximum absolute atomic E-state index is 4.70. The van der Waals surface area contributed by atoms with E-state index in [2.05, 4.69) is 52.2 Å². The second kappa shape index (κ2) is 8.44. The van der Waals surface area contributed by atoms with Gasteiger partial charge in [0.15, 0.2) is 5.96 Å². The third kappa shape index (κ3) is 4.67. The first-order valence-electron chi connectivity index (χ1n) is 8.28. The van der Waals surface area contributed by atoms with Gasteiger partial charge in [0.1, 0.15) is 5.01 Å². The average molecular weight is 350 g/mol. The van der Waals surface area contributed by atoms with E-state index in [0.29, 0.717) is 6.54 Å². The third-order valence-electron chi connectivity index (χ3n) is 3.90. The molecule has 0 amide bonds. The van der Waals surface area contributed by atoms with E-state index < -0.39 is 0 Å². The van der Waals surface area contributed by atoms with Crippen LogP contribution in [-0.4, -0.2) is 18.0 Å². The number of nitrogens with one attached hydrogen (secondary N) is 2. The first-order valence-corrected chi connectivity index (χ1v) is 9.16. The minimum Gasteiger partial charge on any atom is -0.350 e. The van der Waals surface area contributed by atoms with E-state index in [9.17, 15) is 0 Å². The van der Waals surface area contributed by atoms with Crippen molar-refractivity contribution < 1.29 is 0 Å². The minimum atomic E-state index is 0.184. The molecule has 0 saturated carbocycles. The highest BCUT2D eigenvalue weighted by atomic mass is 32.1. The zero-order valence-electron chi connectivity index (χ0n) is 14.4. The largest absolute Gasteiger partial charge is 0.350 e. The Bertz CT molecular complexity index is 812. The van der Waals surface area contributed by atoms with Crippen molar-refractivity contribution >= 4 is 17.3 Å². The summed E-state index contributed by atoms with van der Waals surface area (Å²) in [6, 6.07) is 20.8. The van der Waals surface area contributed by atoms with Gasteiger partial charge in [-0.05, 0) is 12.5 Å². The van der Waals surface area contributed by atoms with E-state index >= 15 is 0 Å². The van der Waals surface area contributed by atoms with Gasteiger partial charge < -0.3 is 10.6 Å². The lowest BCUT2D eigenvalue weighted by Gasteiger charge is -2.17. The van der Waals surface area contributed by atoms with Gasteiger partial charge in [-0.25, -0.2) is 4.98 Å². The Kier molecular flexibility index (Phi) is 5.80. The number of nitrogens with zero attached hydrogens (tertiary/aromatic N) is 2. The van der Waals surface area contributed by atoms with Crippen LogP contribution in [0.3, 0.4) is 0 Å². The first-order chi connectivity index (χ1) is 12.3. The van der Waals surface area contributed by atoms with Crippen molar-refractivity contribution in [2.45, 2.75) is 19.5 Å². The van der Waals surface area contributed by atoms with E-state index in [-0.39, 0.29) is 6.04 Å². The topological polar surface area (TPSA) is 49.3 Å². The van der Waals surface area contributed by atoms with Crippen LogP contribution in [0.5, 0.6) is 0 Å². The molecule has 0 radical (unpaired) electrons. The van der Waals surface area contributed by atoms with Crippen LogP contribution in [0.4, 0.5) is 0 Å². The Morgan fingerprint density at radius 3 is 2.44 bits per heavy atom. The molecule has 0 fully saturated rings. The van der Waals surface area contributed by atoms with Crippen molar-refractivity contribution in [2.24, 2.45) is 4.99 Å². The molecule has 1 aromatic heterocycles. The smallest absolute Gasteiger partial charge is 0.191 e. The maximum Gasteiger partial charge on any atom is 0.191 e. The van der Waals surface area contributed by atoms with Crippen LogP contribution in [-0.2, 0) is 6.54 Å². The Morgan fingerprint density at radius 2 is 1.76 bits per heavy atom. The second-order valence-electron chi connectivity index (χ2n) is 5.69. The Hall–Kier alpha value is -2.66. The lowest BCUT2D eigenvalue weighted by atomic mass is 10.1. The summed E-state index contributed by atoms with van der Waals surface area (Å²) in [4.78, 5) is 9.00. The van der Waals surface area contributed by atoms with Gasteiger partial charge in [0.2, 0.25) is 0 Å². The van der Waals surface area contributed by atoms with Gasteiger partial charge in [-0.15, -0.1) is 11.3 Å². The number of rotatable bonds is 5. The second-order valence-corrected chi connectivity index (χ2v) is 6.64. The SMILES string of the molecule is CN=C(NCc1nc(-c2ccccc2)cs1)NC(C)c1ccccc1. The van der Waals surface area contributed by atoms with Crippen molar-refractivity contribution in [3.63, 3.8) is 0 Å². The van der Waals surface area contributed by atoms with E-state index in [1.54, 1.807) is 18.4 Å². The molecule has 4 nitrogen and oxygen atoms in total. The van der Waals surface area contributed by atoms with Gasteiger partial charge in [0.05, 0.1) is 18.3 Å². The predicted octanol–water partition coefficient (Wildman–Crippen LogP) is 4.24. The van der Waals surface area contributed by atoms with Crippen LogP contribution in [0.25, 0.3) is 11.3 Å². The molecule has 0 aliphatic carbocycles. The molecule has 2 aromatic carbocycles. The number of guanidine groups is 1. The number of aliphatic imine (C=N–C) groups is 1. The van der Waals surface area contributed by atoms with Crippen molar-refractivity contribution in [2.75, 3.05) is 7.05 Å². The summed E-state index contributed by atoms with van der Waals surface area (Å²) in [5.41, 5.74) is 3.39. The molecule has 1 heterocycles. The number of thiazole rings is 1. The highest BCUT2D eigenvalue weighted by Gasteiger charge is 2.09. The summed E-state index contributed by atoms with van der Waals surface area (Å²) >= 11 is 1.66. The fraction of sp³-hybridized carbons (Fsp3) is 0.200. The molecule has 2 N–H and O–H groups in total. The first kappa shape index (κ1) is 17.2. The lowest BCUT2D eigenvalue weighted by molar-refractivity contribution is 0.685. The highest BCUT2D eigenvalue weighted by molar-refractivity contribution is 7.09. The number of benzene rings is 2. The van der Waals surface area contributed by atoms with Gasteiger partial charge in [0, 0.05) is 18.0 Å². The molecule has 0 bridgehead atoms. The van der Waals surface area contributed by atoms with Crippen LogP contribution in [0.1, 0.15) is 23.5 Å². The van der Waals surface area contributed by atoms with Gasteiger partial charge in [-0.3, -0.25) is 4.99 Å². The summed E-state index contributed by atoms with van der Waals surface area (Å²) in [7, 11) is 1.78. The van der Waals surface area contributed by atoms with Gasteiger partial charge in [-0.1, -0.05) is 60.7 Å². The molecule has 0 saturated heterocycles. The molecular formula is C20H22N4S. The fourth-order valence-corrected chi connectivity index (χ4v) is 3.26. The van der Waals surface area contributed by atoms with E-state index in [0.717, 1.165) is 22.2 Å². The maximum atomic E-state index is 4.70. The van der Waals surface area contributed by atoms with E-state index in [4.69, 9.17) is 4.98 Å². The standard InChI is InChI=1S/C20H22N4S/c1-15(16-9-5-3-6-10-16)23-20(21-2)22-13-19-24-18(14-25-19)17-11-7-4-8-12-17/h3-12,14-15H,13H2,1-2H3,(H2,21,22,23). The minimum absolute atomic E-state index is 0.184. The van der Waals surface area contributed by atoms with Crippen LogP contribution < -0.4 is 10.6 Å². The summed E-state index contributed by atoms with van der Waals surface area (Å²) in [6.45, 7) is 2.78. The molecule has 25 heavy (non-hydrogen) atoms. The predicted molar refractivity (Wildman–Crippen MR) is 106 cm³/mol. The van der Waals surface area contributed by atoms with Gasteiger partial charge in [-0.2, -0.15) is 0 Å². The zero-order chi connectivity index (χ0) is 17.5. The monoisotopic (exact) mass is 350 g/mol. The van der Waals surface area contributed by atoms with Gasteiger partial charge >= 0.3 is 0 Å². The van der Waals surface area contributed by atoms with E-state index in [1.165, 1.54) is 5.56 Å². The Balaban J connectivity index is 1.58. The average Bonchev–Trinajstić information content (AvgIpc) is 3.15. The van der Waals surface area contributed by atoms with E-state index in [1.807, 2.05) is 36.4 Å². The molecule has 1 atom stereocenters. The summed E-state index contributed by atoms with van der Waals surface area (Å²) in [5, 5.41) is 9.87. The number of hydrogen-bond acceptors (Lipinski definition) is 3. The number of aromatic nitrogens is 1. The molecule has 0 aliphatic rings. The molecule has 0 aliphatic heterocycles. The van der Waals surface area contributed by atoms with Crippen molar-refractivity contribution in [3.8, 4) is 11.3 Å². The lowest BCUT2D eigenvalue weighted by Crippen LogP contribution is -2.38. The van der Waals surface area contributed by atoms with Crippen LogP contribution in [0.15, 0.2) is 71.0 Å². The molecular weight excluding hydrogens is 328 g/mol. The zero-order valence-corrected chi connectivity index (χ0v) is 15.3. The van der Waals surface area contributed by atoms with Crippen LogP contribution >= 0.6 is 11.3 Å². The Morgan fingerprint density at radius 1 is 1.08 bits per heavy atom. The van der Waals surface area contributed by atoms with Crippen molar-refractivity contribution in [3.05, 3.63) is 76.6 Å². The molecule has 0 spiro atoms. The normalized spacial score (nSPS) is 12.6. The molecule has 1 unspecified atom stereocenters. The fourth-order valence-electron chi connectivity index (χ4n) is 2.52. The molecule has 5 heteroatoms. The van der Waals surface area contributed by atoms with Crippen molar-refractivity contribution in [1.82, 2.24) is 15.6 Å². The summed E-state index contributed by atoms with van der Waals surface area (Å²) in [6.07, 6.45) is 0. The highest BCUT2D eigenvalue weighted by Crippen LogP contribution is 2.21. The van der Waals surface area contributed by atoms with Crippen molar-refractivity contribution in [1.29, 1.82) is 0 Å². The number of hydrogen-bond donors (Lipinski definition) is 2. The Labute approximate surface area is 152 Å². The quantitative estimate of drug-likeness (QED) is 0.535. The molecule has 3 aromatic rings.